The van der Waals surface area contributed by atoms with E-state index in [1.807, 2.05) is 18.2 Å². The van der Waals surface area contributed by atoms with E-state index in [0.717, 1.165) is 57.0 Å². The van der Waals surface area contributed by atoms with Crippen LogP contribution in [0.4, 0.5) is 5.69 Å². The molecule has 118 valence electrons. The summed E-state index contributed by atoms with van der Waals surface area (Å²) in [5.41, 5.74) is 1.74. The SMILES string of the molecule is Cn1cnc2cc(NCCCN3CCOCC3)ccc2c1=O. The molecule has 2 heterocycles. The van der Waals surface area contributed by atoms with Crippen LogP contribution in [0.15, 0.2) is 29.3 Å². The molecule has 0 aliphatic carbocycles. The minimum Gasteiger partial charge on any atom is -0.385 e. The highest BCUT2D eigenvalue weighted by Crippen LogP contribution is 2.14. The van der Waals surface area contributed by atoms with Crippen molar-refractivity contribution >= 4 is 16.6 Å². The maximum Gasteiger partial charge on any atom is 0.260 e. The van der Waals surface area contributed by atoms with Crippen molar-refractivity contribution in [3.05, 3.63) is 34.9 Å². The van der Waals surface area contributed by atoms with E-state index in [0.29, 0.717) is 5.39 Å². The lowest BCUT2D eigenvalue weighted by Gasteiger charge is -2.26. The Morgan fingerprint density at radius 2 is 2.14 bits per heavy atom. The van der Waals surface area contributed by atoms with Crippen molar-refractivity contribution in [3.8, 4) is 0 Å². The number of aryl methyl sites for hydroxylation is 1. The second-order valence-electron chi connectivity index (χ2n) is 5.63. The van der Waals surface area contributed by atoms with Crippen LogP contribution in [0.25, 0.3) is 10.9 Å². The van der Waals surface area contributed by atoms with Gasteiger partial charge in [-0.3, -0.25) is 9.69 Å². The molecule has 1 aromatic carbocycles. The summed E-state index contributed by atoms with van der Waals surface area (Å²) in [6.07, 6.45) is 2.65. The molecule has 0 bridgehead atoms. The zero-order chi connectivity index (χ0) is 15.4. The van der Waals surface area contributed by atoms with E-state index >= 15 is 0 Å². The zero-order valence-corrected chi connectivity index (χ0v) is 12.9. The molecule has 22 heavy (non-hydrogen) atoms. The van der Waals surface area contributed by atoms with Gasteiger partial charge in [-0.2, -0.15) is 0 Å². The quantitative estimate of drug-likeness (QED) is 0.837. The fraction of sp³-hybridized carbons (Fsp3) is 0.500. The third-order valence-corrected chi connectivity index (χ3v) is 4.00. The lowest BCUT2D eigenvalue weighted by molar-refractivity contribution is 0.0378. The van der Waals surface area contributed by atoms with E-state index in [4.69, 9.17) is 4.74 Å². The van der Waals surface area contributed by atoms with Gasteiger partial charge < -0.3 is 14.6 Å². The van der Waals surface area contributed by atoms with Gasteiger partial charge in [0, 0.05) is 32.4 Å². The van der Waals surface area contributed by atoms with E-state index in [-0.39, 0.29) is 5.56 Å². The highest BCUT2D eigenvalue weighted by molar-refractivity contribution is 5.81. The fourth-order valence-corrected chi connectivity index (χ4v) is 2.68. The second-order valence-corrected chi connectivity index (χ2v) is 5.63. The summed E-state index contributed by atoms with van der Waals surface area (Å²) >= 11 is 0. The molecule has 0 atom stereocenters. The van der Waals surface area contributed by atoms with Gasteiger partial charge in [-0.05, 0) is 31.2 Å². The average molecular weight is 302 g/mol. The smallest absolute Gasteiger partial charge is 0.260 e. The van der Waals surface area contributed by atoms with Gasteiger partial charge in [-0.25, -0.2) is 4.98 Å². The highest BCUT2D eigenvalue weighted by Gasteiger charge is 2.09. The molecule has 6 nitrogen and oxygen atoms in total. The Labute approximate surface area is 129 Å². The number of anilines is 1. The Balaban J connectivity index is 1.55. The molecule has 3 rings (SSSR count). The topological polar surface area (TPSA) is 59.4 Å². The van der Waals surface area contributed by atoms with Crippen LogP contribution in [0.5, 0.6) is 0 Å². The van der Waals surface area contributed by atoms with E-state index in [1.54, 1.807) is 13.4 Å². The minimum atomic E-state index is -0.0103. The fourth-order valence-electron chi connectivity index (χ4n) is 2.68. The van der Waals surface area contributed by atoms with Crippen molar-refractivity contribution in [1.82, 2.24) is 14.5 Å². The van der Waals surface area contributed by atoms with Crippen molar-refractivity contribution in [1.29, 1.82) is 0 Å². The van der Waals surface area contributed by atoms with Crippen LogP contribution in [0.3, 0.4) is 0 Å². The van der Waals surface area contributed by atoms with Crippen LogP contribution in [0.2, 0.25) is 0 Å². The maximum absolute atomic E-state index is 12.0. The number of ether oxygens (including phenoxy) is 1. The third kappa shape index (κ3) is 3.45. The monoisotopic (exact) mass is 302 g/mol. The lowest BCUT2D eigenvalue weighted by Crippen LogP contribution is -2.37. The molecule has 1 fully saturated rings. The number of fused-ring (bicyclic) bond motifs is 1. The van der Waals surface area contributed by atoms with E-state index in [1.165, 1.54) is 4.57 Å². The van der Waals surface area contributed by atoms with Crippen molar-refractivity contribution < 1.29 is 4.74 Å². The van der Waals surface area contributed by atoms with Crippen LogP contribution in [0, 0.1) is 0 Å². The molecule has 2 aromatic rings. The van der Waals surface area contributed by atoms with E-state index < -0.39 is 0 Å². The molecule has 6 heteroatoms. The average Bonchev–Trinajstić information content (AvgIpc) is 2.56. The molecule has 0 amide bonds. The number of aromatic nitrogens is 2. The molecule has 1 saturated heterocycles. The summed E-state index contributed by atoms with van der Waals surface area (Å²) in [7, 11) is 1.71. The summed E-state index contributed by atoms with van der Waals surface area (Å²) < 4.78 is 6.84. The molecular formula is C16H22N4O2. The molecule has 1 aliphatic heterocycles. The normalized spacial score (nSPS) is 16.0. The summed E-state index contributed by atoms with van der Waals surface area (Å²) in [4.78, 5) is 18.7. The Morgan fingerprint density at radius 3 is 2.95 bits per heavy atom. The minimum absolute atomic E-state index is 0.0103. The summed E-state index contributed by atoms with van der Waals surface area (Å²) in [5, 5.41) is 4.06. The van der Waals surface area contributed by atoms with Crippen LogP contribution in [-0.4, -0.2) is 53.8 Å². The number of benzene rings is 1. The first kappa shape index (κ1) is 15.0. The number of hydrogen-bond donors (Lipinski definition) is 1. The second kappa shape index (κ2) is 6.89. The van der Waals surface area contributed by atoms with Gasteiger partial charge in [0.2, 0.25) is 0 Å². The number of rotatable bonds is 5. The Morgan fingerprint density at radius 1 is 1.32 bits per heavy atom. The molecule has 0 radical (unpaired) electrons. The summed E-state index contributed by atoms with van der Waals surface area (Å²) in [6.45, 7) is 5.75. The van der Waals surface area contributed by atoms with E-state index in [9.17, 15) is 4.79 Å². The van der Waals surface area contributed by atoms with Gasteiger partial charge in [0.25, 0.3) is 5.56 Å². The Kier molecular flexibility index (Phi) is 4.70. The van der Waals surface area contributed by atoms with Crippen LogP contribution in [0.1, 0.15) is 6.42 Å². The largest absolute Gasteiger partial charge is 0.385 e. The van der Waals surface area contributed by atoms with Gasteiger partial charge >= 0.3 is 0 Å². The predicted molar refractivity (Wildman–Crippen MR) is 87.3 cm³/mol. The molecule has 0 spiro atoms. The number of hydrogen-bond acceptors (Lipinski definition) is 5. The zero-order valence-electron chi connectivity index (χ0n) is 12.9. The molecular weight excluding hydrogens is 280 g/mol. The van der Waals surface area contributed by atoms with Crippen LogP contribution in [-0.2, 0) is 11.8 Å². The van der Waals surface area contributed by atoms with Crippen molar-refractivity contribution in [2.45, 2.75) is 6.42 Å². The first-order chi connectivity index (χ1) is 10.7. The van der Waals surface area contributed by atoms with Crippen LogP contribution < -0.4 is 10.9 Å². The summed E-state index contributed by atoms with van der Waals surface area (Å²) in [5.74, 6) is 0. The third-order valence-electron chi connectivity index (χ3n) is 4.00. The Bertz CT molecular complexity index is 692. The number of nitrogens with one attached hydrogen (secondary N) is 1. The highest BCUT2D eigenvalue weighted by atomic mass is 16.5. The predicted octanol–water partition coefficient (Wildman–Crippen LogP) is 1.07. The van der Waals surface area contributed by atoms with Gasteiger partial charge in [-0.1, -0.05) is 0 Å². The van der Waals surface area contributed by atoms with Gasteiger partial charge in [0.1, 0.15) is 0 Å². The van der Waals surface area contributed by atoms with E-state index in [2.05, 4.69) is 15.2 Å². The van der Waals surface area contributed by atoms with Gasteiger partial charge in [0.05, 0.1) is 30.4 Å². The Hall–Kier alpha value is -1.92. The number of nitrogens with zero attached hydrogens (tertiary/aromatic N) is 3. The molecule has 0 saturated carbocycles. The van der Waals surface area contributed by atoms with Crippen molar-refractivity contribution in [2.24, 2.45) is 7.05 Å². The first-order valence-corrected chi connectivity index (χ1v) is 7.73. The van der Waals surface area contributed by atoms with Crippen molar-refractivity contribution in [3.63, 3.8) is 0 Å². The molecule has 0 unspecified atom stereocenters. The number of morpholine rings is 1. The molecule has 1 aliphatic rings. The van der Waals surface area contributed by atoms with Gasteiger partial charge in [0.15, 0.2) is 0 Å². The van der Waals surface area contributed by atoms with Gasteiger partial charge in [-0.15, -0.1) is 0 Å². The molecule has 1 N–H and O–H groups in total. The summed E-state index contributed by atoms with van der Waals surface area (Å²) in [6, 6.07) is 5.72. The first-order valence-electron chi connectivity index (χ1n) is 7.73. The maximum atomic E-state index is 12.0. The lowest BCUT2D eigenvalue weighted by atomic mass is 10.2. The standard InChI is InChI=1S/C16H22N4O2/c1-19-12-18-15-11-13(3-4-14(15)16(19)21)17-5-2-6-20-7-9-22-10-8-20/h3-4,11-12,17H,2,5-10H2,1H3. The van der Waals surface area contributed by atoms with Crippen LogP contribution >= 0.6 is 0 Å². The van der Waals surface area contributed by atoms with Crippen molar-refractivity contribution in [2.75, 3.05) is 44.7 Å². The molecule has 1 aromatic heterocycles.